The molecule has 0 spiro atoms. The third-order valence-electron chi connectivity index (χ3n) is 6.09. The minimum absolute atomic E-state index is 0.169. The quantitative estimate of drug-likeness (QED) is 0.384. The number of nitrogens with zero attached hydrogens (tertiary/aromatic N) is 2. The number of aromatic amines is 1. The van der Waals surface area contributed by atoms with Crippen molar-refractivity contribution < 1.29 is 9.15 Å². The SMILES string of the molecule is CC(Cc1ccccc1Cl)Oc1c(N)ncc2c(-c3cn[nH]c3C3CCNCC3)coc12. The predicted octanol–water partition coefficient (Wildman–Crippen LogP) is 4.93. The van der Waals surface area contributed by atoms with Crippen LogP contribution in [0.2, 0.25) is 5.02 Å². The van der Waals surface area contributed by atoms with Crippen molar-refractivity contribution in [1.29, 1.82) is 0 Å². The van der Waals surface area contributed by atoms with E-state index in [0.29, 0.717) is 29.5 Å². The molecule has 1 unspecified atom stereocenters. The number of benzene rings is 1. The Kier molecular flexibility index (Phi) is 5.76. The second-order valence-corrected chi connectivity index (χ2v) is 8.72. The highest BCUT2D eigenvalue weighted by Gasteiger charge is 2.24. The Morgan fingerprint density at radius 2 is 2.03 bits per heavy atom. The first-order chi connectivity index (χ1) is 15.6. The molecule has 0 amide bonds. The molecule has 1 aromatic carbocycles. The number of pyridine rings is 1. The average molecular weight is 452 g/mol. The summed E-state index contributed by atoms with van der Waals surface area (Å²) in [4.78, 5) is 4.40. The van der Waals surface area contributed by atoms with Gasteiger partial charge in [0.25, 0.3) is 0 Å². The first-order valence-electron chi connectivity index (χ1n) is 10.9. The molecule has 1 aliphatic heterocycles. The molecule has 0 aliphatic carbocycles. The van der Waals surface area contributed by atoms with Gasteiger partial charge in [-0.2, -0.15) is 5.10 Å². The molecule has 32 heavy (non-hydrogen) atoms. The van der Waals surface area contributed by atoms with Gasteiger partial charge in [0.05, 0.1) is 11.6 Å². The molecule has 1 aliphatic rings. The average Bonchev–Trinajstić information content (AvgIpc) is 3.45. The Labute approximate surface area is 191 Å². The number of anilines is 1. The lowest BCUT2D eigenvalue weighted by molar-refractivity contribution is 0.223. The zero-order chi connectivity index (χ0) is 22.1. The van der Waals surface area contributed by atoms with Gasteiger partial charge >= 0.3 is 0 Å². The summed E-state index contributed by atoms with van der Waals surface area (Å²) >= 11 is 6.31. The van der Waals surface area contributed by atoms with Crippen LogP contribution in [-0.2, 0) is 6.42 Å². The summed E-state index contributed by atoms with van der Waals surface area (Å²) in [7, 11) is 0. The fraction of sp³-hybridized carbons (Fsp3) is 0.333. The molecule has 1 fully saturated rings. The van der Waals surface area contributed by atoms with Gasteiger partial charge in [-0.25, -0.2) is 4.98 Å². The maximum atomic E-state index is 6.31. The van der Waals surface area contributed by atoms with Crippen molar-refractivity contribution in [2.45, 2.75) is 38.2 Å². The molecule has 8 heteroatoms. The van der Waals surface area contributed by atoms with E-state index < -0.39 is 0 Å². The molecule has 0 saturated carbocycles. The molecule has 0 bridgehead atoms. The lowest BCUT2D eigenvalue weighted by Gasteiger charge is -2.22. The molecule has 166 valence electrons. The van der Waals surface area contributed by atoms with Gasteiger partial charge in [0, 0.05) is 40.4 Å². The molecule has 5 rings (SSSR count). The molecule has 1 saturated heterocycles. The zero-order valence-corrected chi connectivity index (χ0v) is 18.7. The Balaban J connectivity index is 1.46. The number of H-pyrrole nitrogens is 1. The van der Waals surface area contributed by atoms with Gasteiger partial charge in [-0.15, -0.1) is 0 Å². The summed E-state index contributed by atoms with van der Waals surface area (Å²) < 4.78 is 12.2. The summed E-state index contributed by atoms with van der Waals surface area (Å²) in [6, 6.07) is 7.76. The normalized spacial score (nSPS) is 15.8. The fourth-order valence-electron chi connectivity index (χ4n) is 4.45. The Morgan fingerprint density at radius 1 is 1.22 bits per heavy atom. The van der Waals surface area contributed by atoms with Crippen molar-refractivity contribution in [1.82, 2.24) is 20.5 Å². The molecule has 4 aromatic rings. The van der Waals surface area contributed by atoms with Gasteiger partial charge < -0.3 is 20.2 Å². The number of halogens is 1. The minimum Gasteiger partial charge on any atom is -0.483 e. The largest absolute Gasteiger partial charge is 0.483 e. The van der Waals surface area contributed by atoms with Crippen LogP contribution in [-0.4, -0.2) is 34.4 Å². The summed E-state index contributed by atoms with van der Waals surface area (Å²) in [5.41, 5.74) is 10.9. The molecular weight excluding hydrogens is 426 g/mol. The van der Waals surface area contributed by atoms with Crippen molar-refractivity contribution in [3.63, 3.8) is 0 Å². The molecule has 4 N–H and O–H groups in total. The topological polar surface area (TPSA) is 102 Å². The Bertz CT molecular complexity index is 1230. The van der Waals surface area contributed by atoms with Gasteiger partial charge in [0.2, 0.25) is 5.75 Å². The first kappa shape index (κ1) is 20.8. The number of aromatic nitrogens is 3. The van der Waals surface area contributed by atoms with Crippen LogP contribution in [0.4, 0.5) is 5.82 Å². The number of rotatable bonds is 6. The third kappa shape index (κ3) is 3.94. The van der Waals surface area contributed by atoms with E-state index in [0.717, 1.165) is 58.7 Å². The monoisotopic (exact) mass is 451 g/mol. The highest BCUT2D eigenvalue weighted by atomic mass is 35.5. The summed E-state index contributed by atoms with van der Waals surface area (Å²) in [6.07, 6.45) is 7.97. The van der Waals surface area contributed by atoms with Crippen molar-refractivity contribution in [2.75, 3.05) is 18.8 Å². The number of piperidine rings is 1. The van der Waals surface area contributed by atoms with E-state index >= 15 is 0 Å². The van der Waals surface area contributed by atoms with Crippen LogP contribution in [0.3, 0.4) is 0 Å². The van der Waals surface area contributed by atoms with Crippen LogP contribution in [0.5, 0.6) is 5.75 Å². The Morgan fingerprint density at radius 3 is 2.84 bits per heavy atom. The van der Waals surface area contributed by atoms with E-state index in [1.165, 1.54) is 0 Å². The van der Waals surface area contributed by atoms with E-state index in [-0.39, 0.29) is 6.10 Å². The van der Waals surface area contributed by atoms with Gasteiger partial charge in [-0.3, -0.25) is 5.10 Å². The van der Waals surface area contributed by atoms with Crippen LogP contribution < -0.4 is 15.8 Å². The van der Waals surface area contributed by atoms with Crippen molar-refractivity contribution in [2.24, 2.45) is 0 Å². The maximum Gasteiger partial charge on any atom is 0.205 e. The zero-order valence-electron chi connectivity index (χ0n) is 17.9. The van der Waals surface area contributed by atoms with Gasteiger partial charge in [0.15, 0.2) is 11.4 Å². The standard InChI is InChI=1S/C24H26ClN5O2/c1-14(10-16-4-2-3-5-20(16)25)32-23-22-18(11-28-24(23)26)19(13-31-22)17-12-29-30-21(17)15-6-8-27-9-7-15/h2-5,11-15,27H,6-10H2,1H3,(H2,26,28)(H,29,30). The van der Waals surface area contributed by atoms with Crippen molar-refractivity contribution in [3.8, 4) is 16.9 Å². The van der Waals surface area contributed by atoms with E-state index in [4.69, 9.17) is 26.5 Å². The smallest absolute Gasteiger partial charge is 0.205 e. The third-order valence-corrected chi connectivity index (χ3v) is 6.46. The van der Waals surface area contributed by atoms with Crippen molar-refractivity contribution >= 4 is 28.4 Å². The molecule has 0 radical (unpaired) electrons. The molecule has 7 nitrogen and oxygen atoms in total. The first-order valence-corrected chi connectivity index (χ1v) is 11.3. The summed E-state index contributed by atoms with van der Waals surface area (Å²) in [6.45, 7) is 4.00. The van der Waals surface area contributed by atoms with Crippen LogP contribution in [0.25, 0.3) is 22.1 Å². The number of nitrogens with one attached hydrogen (secondary N) is 2. The van der Waals surface area contributed by atoms with E-state index in [2.05, 4.69) is 20.5 Å². The molecule has 1 atom stereocenters. The van der Waals surface area contributed by atoms with Gasteiger partial charge in [-0.1, -0.05) is 29.8 Å². The van der Waals surface area contributed by atoms with E-state index in [9.17, 15) is 0 Å². The molecule has 3 aromatic heterocycles. The lowest BCUT2D eigenvalue weighted by atomic mass is 9.90. The van der Waals surface area contributed by atoms with E-state index in [1.807, 2.05) is 37.4 Å². The van der Waals surface area contributed by atoms with Gasteiger partial charge in [0.1, 0.15) is 12.4 Å². The highest BCUT2D eigenvalue weighted by Crippen LogP contribution is 2.41. The number of nitrogens with two attached hydrogens (primary N) is 1. The molecular formula is C24H26ClN5O2. The van der Waals surface area contributed by atoms with Crippen LogP contribution in [0, 0.1) is 0 Å². The van der Waals surface area contributed by atoms with Crippen LogP contribution in [0.1, 0.15) is 36.9 Å². The second-order valence-electron chi connectivity index (χ2n) is 8.31. The Hall–Kier alpha value is -3.03. The molecule has 4 heterocycles. The number of nitrogen functional groups attached to an aromatic ring is 1. The fourth-order valence-corrected chi connectivity index (χ4v) is 4.66. The summed E-state index contributed by atoms with van der Waals surface area (Å²) in [5, 5.41) is 12.5. The van der Waals surface area contributed by atoms with Crippen LogP contribution in [0.15, 0.2) is 47.3 Å². The summed E-state index contributed by atoms with van der Waals surface area (Å²) in [5.74, 6) is 1.20. The number of hydrogen-bond acceptors (Lipinski definition) is 6. The number of hydrogen-bond donors (Lipinski definition) is 3. The number of ether oxygens (including phenoxy) is 1. The van der Waals surface area contributed by atoms with E-state index in [1.54, 1.807) is 12.5 Å². The van der Waals surface area contributed by atoms with Crippen molar-refractivity contribution in [3.05, 3.63) is 59.2 Å². The maximum absolute atomic E-state index is 6.31. The number of fused-ring (bicyclic) bond motifs is 1. The minimum atomic E-state index is -0.169. The lowest BCUT2D eigenvalue weighted by Crippen LogP contribution is -2.27. The van der Waals surface area contributed by atoms with Crippen LogP contribution >= 0.6 is 11.6 Å². The van der Waals surface area contributed by atoms with Gasteiger partial charge in [-0.05, 0) is 44.5 Å². The second kappa shape index (κ2) is 8.84. The number of furan rings is 1. The predicted molar refractivity (Wildman–Crippen MR) is 126 cm³/mol. The highest BCUT2D eigenvalue weighted by molar-refractivity contribution is 6.31.